The van der Waals surface area contributed by atoms with E-state index in [9.17, 15) is 10.1 Å². The number of halogens is 1. The molecular formula is C27H22ClN3O. The molecule has 0 spiro atoms. The van der Waals surface area contributed by atoms with Gasteiger partial charge in [0.2, 0.25) is 0 Å². The summed E-state index contributed by atoms with van der Waals surface area (Å²) in [6, 6.07) is 25.6. The van der Waals surface area contributed by atoms with E-state index < -0.39 is 5.91 Å². The Hall–Kier alpha value is -3.81. The average molecular weight is 440 g/mol. The first kappa shape index (κ1) is 21.4. The first-order valence-electron chi connectivity index (χ1n) is 10.3. The van der Waals surface area contributed by atoms with Gasteiger partial charge in [0.15, 0.2) is 0 Å². The van der Waals surface area contributed by atoms with Gasteiger partial charge < -0.3 is 9.88 Å². The number of para-hydroxylation sites is 1. The Kier molecular flexibility index (Phi) is 6.11. The first-order valence-corrected chi connectivity index (χ1v) is 10.7. The van der Waals surface area contributed by atoms with Crippen LogP contribution in [0, 0.1) is 25.2 Å². The van der Waals surface area contributed by atoms with Crippen LogP contribution in [0.2, 0.25) is 5.02 Å². The number of fused-ring (bicyclic) bond motifs is 1. The molecule has 0 saturated heterocycles. The predicted molar refractivity (Wildman–Crippen MR) is 131 cm³/mol. The topological polar surface area (TPSA) is 57.8 Å². The fourth-order valence-corrected chi connectivity index (χ4v) is 3.99. The smallest absolute Gasteiger partial charge is 0.266 e. The third-order valence-corrected chi connectivity index (χ3v) is 5.80. The lowest BCUT2D eigenvalue weighted by Crippen LogP contribution is -2.14. The van der Waals surface area contributed by atoms with Crippen LogP contribution in [0.15, 0.2) is 78.4 Å². The molecule has 1 N–H and O–H groups in total. The minimum absolute atomic E-state index is 0.0371. The van der Waals surface area contributed by atoms with Crippen LogP contribution >= 0.6 is 11.6 Å². The van der Waals surface area contributed by atoms with Gasteiger partial charge in [-0.2, -0.15) is 5.26 Å². The van der Waals surface area contributed by atoms with Crippen LogP contribution in [0.1, 0.15) is 22.4 Å². The number of aromatic nitrogens is 1. The maximum atomic E-state index is 12.9. The Morgan fingerprint density at radius 1 is 1.06 bits per heavy atom. The SMILES string of the molecule is Cc1ccc(Cl)cc1NC(=O)/C(C#N)=C/c1c(C)n(Cc2ccccc2)c2ccccc12. The quantitative estimate of drug-likeness (QED) is 0.285. The van der Waals surface area contributed by atoms with Gasteiger partial charge in [-0.3, -0.25) is 4.79 Å². The van der Waals surface area contributed by atoms with Crippen LogP contribution in [-0.4, -0.2) is 10.5 Å². The number of aryl methyl sites for hydroxylation is 1. The third kappa shape index (κ3) is 4.30. The zero-order chi connectivity index (χ0) is 22.7. The summed E-state index contributed by atoms with van der Waals surface area (Å²) in [4.78, 5) is 12.9. The standard InChI is InChI=1S/C27H22ClN3O/c1-18-12-13-22(28)15-25(18)30-27(32)21(16-29)14-24-19(2)31(17-20-8-4-3-5-9-20)26-11-7-6-10-23(24)26/h3-15H,17H2,1-2H3,(H,30,32)/b21-14+. The zero-order valence-electron chi connectivity index (χ0n) is 17.9. The second kappa shape index (κ2) is 9.13. The molecule has 32 heavy (non-hydrogen) atoms. The van der Waals surface area contributed by atoms with Crippen molar-refractivity contribution in [1.29, 1.82) is 5.26 Å². The van der Waals surface area contributed by atoms with Crippen LogP contribution in [0.5, 0.6) is 0 Å². The Morgan fingerprint density at radius 2 is 1.78 bits per heavy atom. The van der Waals surface area contributed by atoms with Gasteiger partial charge in [-0.25, -0.2) is 0 Å². The lowest BCUT2D eigenvalue weighted by Gasteiger charge is -2.09. The largest absolute Gasteiger partial charge is 0.340 e. The number of rotatable bonds is 5. The van der Waals surface area contributed by atoms with Gasteiger partial charge in [-0.05, 0) is 49.2 Å². The fraction of sp³-hybridized carbons (Fsp3) is 0.111. The number of nitrogens with one attached hydrogen (secondary N) is 1. The molecule has 0 saturated carbocycles. The predicted octanol–water partition coefficient (Wildman–Crippen LogP) is 6.51. The highest BCUT2D eigenvalue weighted by atomic mass is 35.5. The van der Waals surface area contributed by atoms with Crippen molar-refractivity contribution in [3.8, 4) is 6.07 Å². The van der Waals surface area contributed by atoms with Crippen molar-refractivity contribution in [3.63, 3.8) is 0 Å². The van der Waals surface area contributed by atoms with E-state index in [1.807, 2.05) is 56.3 Å². The first-order chi connectivity index (χ1) is 15.5. The van der Waals surface area contributed by atoms with Crippen LogP contribution in [0.3, 0.4) is 0 Å². The number of hydrogen-bond donors (Lipinski definition) is 1. The number of benzene rings is 3. The minimum atomic E-state index is -0.461. The molecule has 0 aliphatic rings. The molecule has 1 heterocycles. The molecule has 0 unspecified atom stereocenters. The number of carbonyl (C=O) groups is 1. The van der Waals surface area contributed by atoms with Crippen molar-refractivity contribution < 1.29 is 4.79 Å². The molecule has 0 radical (unpaired) electrons. The summed E-state index contributed by atoms with van der Waals surface area (Å²) in [5, 5.41) is 14.1. The Labute approximate surface area is 192 Å². The molecule has 158 valence electrons. The second-order valence-corrected chi connectivity index (χ2v) is 8.11. The van der Waals surface area contributed by atoms with Crippen molar-refractivity contribution in [3.05, 3.63) is 106 Å². The van der Waals surface area contributed by atoms with Crippen molar-refractivity contribution >= 4 is 40.2 Å². The summed E-state index contributed by atoms with van der Waals surface area (Å²) in [6.45, 7) is 4.60. The van der Waals surface area contributed by atoms with E-state index >= 15 is 0 Å². The van der Waals surface area contributed by atoms with Gasteiger partial charge in [0.1, 0.15) is 11.6 Å². The van der Waals surface area contributed by atoms with Gasteiger partial charge in [-0.15, -0.1) is 0 Å². The minimum Gasteiger partial charge on any atom is -0.340 e. The molecular weight excluding hydrogens is 418 g/mol. The molecule has 5 heteroatoms. The Balaban J connectivity index is 1.75. The number of carbonyl (C=O) groups excluding carboxylic acids is 1. The maximum Gasteiger partial charge on any atom is 0.266 e. The second-order valence-electron chi connectivity index (χ2n) is 7.67. The summed E-state index contributed by atoms with van der Waals surface area (Å²) in [7, 11) is 0. The number of nitrogens with zero attached hydrogens (tertiary/aromatic N) is 2. The van der Waals surface area contributed by atoms with E-state index in [4.69, 9.17) is 11.6 Å². The third-order valence-electron chi connectivity index (χ3n) is 5.56. The lowest BCUT2D eigenvalue weighted by atomic mass is 10.1. The Morgan fingerprint density at radius 3 is 2.53 bits per heavy atom. The van der Waals surface area contributed by atoms with Crippen molar-refractivity contribution in [2.24, 2.45) is 0 Å². The van der Waals surface area contributed by atoms with E-state index in [2.05, 4.69) is 34.2 Å². The normalized spacial score (nSPS) is 11.4. The fourth-order valence-electron chi connectivity index (χ4n) is 3.82. The molecule has 1 amide bonds. The highest BCUT2D eigenvalue weighted by Crippen LogP contribution is 2.29. The molecule has 1 aromatic heterocycles. The van der Waals surface area contributed by atoms with Crippen LogP contribution in [-0.2, 0) is 11.3 Å². The molecule has 3 aromatic carbocycles. The molecule has 4 aromatic rings. The van der Waals surface area contributed by atoms with Crippen LogP contribution in [0.4, 0.5) is 5.69 Å². The average Bonchev–Trinajstić information content (AvgIpc) is 3.06. The van der Waals surface area contributed by atoms with Crippen molar-refractivity contribution in [2.45, 2.75) is 20.4 Å². The maximum absolute atomic E-state index is 12.9. The summed E-state index contributed by atoms with van der Waals surface area (Å²) in [6.07, 6.45) is 1.67. The van der Waals surface area contributed by atoms with Gasteiger partial charge in [0, 0.05) is 39.4 Å². The zero-order valence-corrected chi connectivity index (χ0v) is 18.6. The van der Waals surface area contributed by atoms with E-state index in [1.165, 1.54) is 5.56 Å². The molecule has 0 bridgehead atoms. The lowest BCUT2D eigenvalue weighted by molar-refractivity contribution is -0.112. The number of anilines is 1. The van der Waals surface area contributed by atoms with Gasteiger partial charge >= 0.3 is 0 Å². The summed E-state index contributed by atoms with van der Waals surface area (Å²) in [5.74, 6) is -0.461. The van der Waals surface area contributed by atoms with Gasteiger partial charge in [0.05, 0.1) is 0 Å². The van der Waals surface area contributed by atoms with E-state index in [0.29, 0.717) is 17.3 Å². The van der Waals surface area contributed by atoms with Crippen molar-refractivity contribution in [1.82, 2.24) is 4.57 Å². The summed E-state index contributed by atoms with van der Waals surface area (Å²) in [5.41, 5.74) is 5.60. The highest BCUT2D eigenvalue weighted by Gasteiger charge is 2.17. The van der Waals surface area contributed by atoms with Gasteiger partial charge in [-0.1, -0.05) is 66.2 Å². The molecule has 0 fully saturated rings. The number of amides is 1. The highest BCUT2D eigenvalue weighted by molar-refractivity contribution is 6.31. The molecule has 0 atom stereocenters. The molecule has 4 nitrogen and oxygen atoms in total. The van der Waals surface area contributed by atoms with Crippen molar-refractivity contribution in [2.75, 3.05) is 5.32 Å². The van der Waals surface area contributed by atoms with E-state index in [-0.39, 0.29) is 5.57 Å². The molecule has 0 aliphatic carbocycles. The molecule has 0 aliphatic heterocycles. The monoisotopic (exact) mass is 439 g/mol. The van der Waals surface area contributed by atoms with Crippen LogP contribution < -0.4 is 5.32 Å². The van der Waals surface area contributed by atoms with Gasteiger partial charge in [0.25, 0.3) is 5.91 Å². The number of nitriles is 1. The van der Waals surface area contributed by atoms with E-state index in [1.54, 1.807) is 18.2 Å². The number of hydrogen-bond acceptors (Lipinski definition) is 2. The summed E-state index contributed by atoms with van der Waals surface area (Å²) >= 11 is 6.07. The Bertz CT molecular complexity index is 1380. The summed E-state index contributed by atoms with van der Waals surface area (Å²) < 4.78 is 2.21. The van der Waals surface area contributed by atoms with E-state index in [0.717, 1.165) is 27.7 Å². The van der Waals surface area contributed by atoms with Crippen LogP contribution in [0.25, 0.3) is 17.0 Å². The molecule has 4 rings (SSSR count).